The van der Waals surface area contributed by atoms with E-state index in [1.165, 1.54) is 0 Å². The zero-order valence-electron chi connectivity index (χ0n) is 17.1. The van der Waals surface area contributed by atoms with Crippen LogP contribution in [0.15, 0.2) is 45.6 Å². The van der Waals surface area contributed by atoms with Gasteiger partial charge in [0.2, 0.25) is 0 Å². The summed E-state index contributed by atoms with van der Waals surface area (Å²) in [6, 6.07) is 7.22. The Morgan fingerprint density at radius 2 is 2.00 bits per heavy atom. The van der Waals surface area contributed by atoms with Crippen LogP contribution >= 0.6 is 11.6 Å². The van der Waals surface area contributed by atoms with Crippen molar-refractivity contribution in [3.63, 3.8) is 0 Å². The Morgan fingerprint density at radius 1 is 1.16 bits per heavy atom. The highest BCUT2D eigenvalue weighted by molar-refractivity contribution is 6.30. The highest BCUT2D eigenvalue weighted by Crippen LogP contribution is 2.30. The predicted molar refractivity (Wildman–Crippen MR) is 115 cm³/mol. The molecular weight excluding hydrogens is 418 g/mol. The van der Waals surface area contributed by atoms with Crippen molar-refractivity contribution >= 4 is 34.3 Å². The molecule has 0 aliphatic rings. The van der Waals surface area contributed by atoms with Crippen LogP contribution in [0.25, 0.3) is 28.0 Å². The molecule has 0 fully saturated rings. The minimum atomic E-state index is -0.270. The minimum absolute atomic E-state index is 0.255. The van der Waals surface area contributed by atoms with Gasteiger partial charge in [-0.1, -0.05) is 16.8 Å². The lowest BCUT2D eigenvalue weighted by molar-refractivity contribution is 0.0952. The second kappa shape index (κ2) is 7.24. The monoisotopic (exact) mass is 435 g/mol. The molecule has 9 heteroatoms. The van der Waals surface area contributed by atoms with Gasteiger partial charge in [-0.25, -0.2) is 9.97 Å². The Hall–Kier alpha value is -3.65. The number of fused-ring (bicyclic) bond motifs is 2. The van der Waals surface area contributed by atoms with E-state index in [0.29, 0.717) is 38.8 Å². The van der Waals surface area contributed by atoms with Gasteiger partial charge in [0.15, 0.2) is 0 Å². The maximum Gasteiger partial charge on any atom is 0.259 e. The number of pyridine rings is 2. The second-order valence-electron chi connectivity index (χ2n) is 7.36. The van der Waals surface area contributed by atoms with Crippen molar-refractivity contribution in [2.45, 2.75) is 27.3 Å². The Labute approximate surface area is 181 Å². The summed E-state index contributed by atoms with van der Waals surface area (Å²) in [7, 11) is 0. The molecule has 0 bridgehead atoms. The highest BCUT2D eigenvalue weighted by Gasteiger charge is 2.21. The molecule has 0 atom stereocenters. The summed E-state index contributed by atoms with van der Waals surface area (Å²) in [5.41, 5.74) is 4.20. The van der Waals surface area contributed by atoms with E-state index >= 15 is 0 Å². The molecule has 0 saturated heterocycles. The summed E-state index contributed by atoms with van der Waals surface area (Å²) in [6.45, 7) is 5.76. The molecule has 8 nitrogen and oxygen atoms in total. The van der Waals surface area contributed by atoms with Crippen LogP contribution in [0.2, 0.25) is 5.02 Å². The fraction of sp³-hybridized carbons (Fsp3) is 0.182. The largest absolute Gasteiger partial charge is 0.466 e. The molecule has 0 aromatic carbocycles. The van der Waals surface area contributed by atoms with Gasteiger partial charge in [-0.05, 0) is 45.0 Å². The molecule has 0 spiro atoms. The van der Waals surface area contributed by atoms with E-state index in [2.05, 4.69) is 20.4 Å². The predicted octanol–water partition coefficient (Wildman–Crippen LogP) is 4.64. The van der Waals surface area contributed by atoms with Gasteiger partial charge in [0, 0.05) is 18.0 Å². The number of carbonyl (C=O) groups excluding carboxylic acids is 1. The van der Waals surface area contributed by atoms with Crippen LogP contribution in [0.1, 0.15) is 33.3 Å². The van der Waals surface area contributed by atoms with Crippen molar-refractivity contribution in [1.29, 1.82) is 0 Å². The van der Waals surface area contributed by atoms with E-state index in [1.807, 2.05) is 36.6 Å². The Kier molecular flexibility index (Phi) is 4.51. The lowest BCUT2D eigenvalue weighted by Crippen LogP contribution is -2.23. The molecule has 5 aromatic rings. The number of furan rings is 1. The molecule has 0 aliphatic carbocycles. The number of carbonyl (C=O) groups is 1. The fourth-order valence-corrected chi connectivity index (χ4v) is 3.83. The highest BCUT2D eigenvalue weighted by atomic mass is 35.5. The number of amides is 1. The van der Waals surface area contributed by atoms with Crippen LogP contribution in [0.5, 0.6) is 0 Å². The van der Waals surface area contributed by atoms with Crippen molar-refractivity contribution in [1.82, 2.24) is 24.8 Å². The number of nitrogens with one attached hydrogen (secondary N) is 1. The number of imidazole rings is 1. The van der Waals surface area contributed by atoms with Crippen LogP contribution in [-0.2, 0) is 6.54 Å². The standard InChI is InChI=1S/C22H18ClN5O3/c1-11-6-16(13(3)30-11)18-7-17(20-12(2)27-31-22(20)26-18)21(29)24-8-15-10-28-9-14(23)4-5-19(28)25-15/h4-7,9-10H,8H2,1-3H3,(H,24,29). The first kappa shape index (κ1) is 19.3. The van der Waals surface area contributed by atoms with E-state index in [0.717, 1.165) is 22.7 Å². The van der Waals surface area contributed by atoms with Crippen LogP contribution in [0.4, 0.5) is 0 Å². The van der Waals surface area contributed by atoms with Gasteiger partial charge in [0.1, 0.15) is 17.2 Å². The average molecular weight is 436 g/mol. The van der Waals surface area contributed by atoms with Crippen molar-refractivity contribution < 1.29 is 13.7 Å². The number of aryl methyl sites for hydroxylation is 3. The summed E-state index contributed by atoms with van der Waals surface area (Å²) in [5.74, 6) is 1.21. The minimum Gasteiger partial charge on any atom is -0.466 e. The summed E-state index contributed by atoms with van der Waals surface area (Å²) in [6.07, 6.45) is 3.60. The van der Waals surface area contributed by atoms with Crippen LogP contribution < -0.4 is 5.32 Å². The molecule has 156 valence electrons. The molecule has 0 radical (unpaired) electrons. The number of rotatable bonds is 4. The summed E-state index contributed by atoms with van der Waals surface area (Å²) in [5, 5.41) is 8.11. The first-order chi connectivity index (χ1) is 14.9. The number of nitrogens with zero attached hydrogens (tertiary/aromatic N) is 4. The third kappa shape index (κ3) is 3.44. The SMILES string of the molecule is Cc1cc(-c2cc(C(=O)NCc3cn4cc(Cl)ccc4n3)c3c(C)noc3n2)c(C)o1. The summed E-state index contributed by atoms with van der Waals surface area (Å²) < 4.78 is 12.8. The molecule has 5 heterocycles. The van der Waals surface area contributed by atoms with E-state index < -0.39 is 0 Å². The van der Waals surface area contributed by atoms with Gasteiger partial charge in [-0.2, -0.15) is 0 Å². The van der Waals surface area contributed by atoms with Crippen molar-refractivity contribution in [3.8, 4) is 11.3 Å². The van der Waals surface area contributed by atoms with Gasteiger partial charge in [0.05, 0.1) is 39.6 Å². The van der Waals surface area contributed by atoms with Crippen LogP contribution in [0, 0.1) is 20.8 Å². The lowest BCUT2D eigenvalue weighted by Gasteiger charge is -2.07. The van der Waals surface area contributed by atoms with Gasteiger partial charge in [-0.15, -0.1) is 0 Å². The molecule has 31 heavy (non-hydrogen) atoms. The van der Waals surface area contributed by atoms with Gasteiger partial charge in [0.25, 0.3) is 11.6 Å². The lowest BCUT2D eigenvalue weighted by atomic mass is 10.1. The summed E-state index contributed by atoms with van der Waals surface area (Å²) in [4.78, 5) is 22.2. The summed E-state index contributed by atoms with van der Waals surface area (Å²) >= 11 is 6.03. The third-order valence-electron chi connectivity index (χ3n) is 5.07. The Bertz CT molecular complexity index is 1460. The molecule has 5 rings (SSSR count). The van der Waals surface area contributed by atoms with E-state index in [1.54, 1.807) is 25.3 Å². The molecule has 0 saturated carbocycles. The molecule has 0 unspecified atom stereocenters. The van der Waals surface area contributed by atoms with Gasteiger partial charge in [-0.3, -0.25) is 4.79 Å². The third-order valence-corrected chi connectivity index (χ3v) is 5.30. The number of hydrogen-bond donors (Lipinski definition) is 1. The van der Waals surface area contributed by atoms with E-state index in [-0.39, 0.29) is 12.5 Å². The maximum atomic E-state index is 13.1. The molecule has 0 aliphatic heterocycles. The van der Waals surface area contributed by atoms with Crippen LogP contribution in [-0.4, -0.2) is 25.4 Å². The van der Waals surface area contributed by atoms with Gasteiger partial charge >= 0.3 is 0 Å². The normalized spacial score (nSPS) is 11.5. The molecule has 5 aromatic heterocycles. The van der Waals surface area contributed by atoms with Crippen LogP contribution in [0.3, 0.4) is 0 Å². The van der Waals surface area contributed by atoms with Crippen molar-refractivity contribution in [2.24, 2.45) is 0 Å². The molecule has 1 amide bonds. The van der Waals surface area contributed by atoms with Crippen molar-refractivity contribution in [2.75, 3.05) is 0 Å². The number of halogens is 1. The maximum absolute atomic E-state index is 13.1. The smallest absolute Gasteiger partial charge is 0.259 e. The second-order valence-corrected chi connectivity index (χ2v) is 7.79. The first-order valence-corrected chi connectivity index (χ1v) is 10.0. The topological polar surface area (TPSA) is 98.5 Å². The number of hydrogen-bond acceptors (Lipinski definition) is 6. The van der Waals surface area contributed by atoms with Gasteiger partial charge < -0.3 is 18.7 Å². The quantitative estimate of drug-likeness (QED) is 0.441. The molecular formula is C22H18ClN5O3. The van der Waals surface area contributed by atoms with Crippen molar-refractivity contribution in [3.05, 3.63) is 70.2 Å². The average Bonchev–Trinajstić information content (AvgIpc) is 3.41. The Morgan fingerprint density at radius 3 is 2.77 bits per heavy atom. The molecule has 1 N–H and O–H groups in total. The zero-order chi connectivity index (χ0) is 21.7. The zero-order valence-corrected chi connectivity index (χ0v) is 17.8. The first-order valence-electron chi connectivity index (χ1n) is 9.65. The number of aromatic nitrogens is 4. The Balaban J connectivity index is 1.49. The fourth-order valence-electron chi connectivity index (χ4n) is 3.67. The van der Waals surface area contributed by atoms with E-state index in [9.17, 15) is 4.79 Å². The van der Waals surface area contributed by atoms with E-state index in [4.69, 9.17) is 20.5 Å².